The van der Waals surface area contributed by atoms with E-state index in [1.165, 1.54) is 0 Å². The van der Waals surface area contributed by atoms with Gasteiger partial charge in [0.1, 0.15) is 5.75 Å². The van der Waals surface area contributed by atoms with Crippen LogP contribution in [0.15, 0.2) is 24.3 Å². The van der Waals surface area contributed by atoms with Gasteiger partial charge in [-0.2, -0.15) is 0 Å². The van der Waals surface area contributed by atoms with Gasteiger partial charge in [0.2, 0.25) is 0 Å². The molecule has 1 atom stereocenters. The van der Waals surface area contributed by atoms with Gasteiger partial charge < -0.3 is 15.2 Å². The number of hydrogen-bond acceptors (Lipinski definition) is 3. The SMILES string of the molecule is CC(CCC(=O)O)NC(=O)c1ccccc1OC(C)C. The van der Waals surface area contributed by atoms with Crippen LogP contribution >= 0.6 is 0 Å². The first-order chi connectivity index (χ1) is 9.40. The van der Waals surface area contributed by atoms with Gasteiger partial charge in [-0.3, -0.25) is 9.59 Å². The number of carbonyl (C=O) groups is 2. The molecule has 110 valence electrons. The summed E-state index contributed by atoms with van der Waals surface area (Å²) in [4.78, 5) is 22.7. The summed E-state index contributed by atoms with van der Waals surface area (Å²) in [6.45, 7) is 5.57. The highest BCUT2D eigenvalue weighted by Crippen LogP contribution is 2.19. The lowest BCUT2D eigenvalue weighted by molar-refractivity contribution is -0.137. The van der Waals surface area contributed by atoms with E-state index in [0.717, 1.165) is 0 Å². The Bertz CT molecular complexity index is 471. The maximum atomic E-state index is 12.2. The third-order valence-electron chi connectivity index (χ3n) is 2.66. The fourth-order valence-corrected chi connectivity index (χ4v) is 1.72. The van der Waals surface area contributed by atoms with Crippen LogP contribution in [0.4, 0.5) is 0 Å². The number of carboxylic acids is 1. The maximum absolute atomic E-state index is 12.2. The Kier molecular flexibility index (Phi) is 6.03. The monoisotopic (exact) mass is 279 g/mol. The molecule has 0 fully saturated rings. The third-order valence-corrected chi connectivity index (χ3v) is 2.66. The fraction of sp³-hybridized carbons (Fsp3) is 0.467. The molecule has 0 aliphatic rings. The molecule has 20 heavy (non-hydrogen) atoms. The summed E-state index contributed by atoms with van der Waals surface area (Å²) in [5.41, 5.74) is 0.461. The standard InChI is InChI=1S/C15H21NO4/c1-10(2)20-13-7-5-4-6-12(13)15(19)16-11(3)8-9-14(17)18/h4-7,10-11H,8-9H2,1-3H3,(H,16,19)(H,17,18). The zero-order valence-corrected chi connectivity index (χ0v) is 12.1. The van der Waals surface area contributed by atoms with Crippen molar-refractivity contribution in [2.24, 2.45) is 0 Å². The van der Waals surface area contributed by atoms with Crippen molar-refractivity contribution >= 4 is 11.9 Å². The Morgan fingerprint density at radius 1 is 1.25 bits per heavy atom. The molecule has 2 N–H and O–H groups in total. The Morgan fingerprint density at radius 3 is 2.50 bits per heavy atom. The first-order valence-corrected chi connectivity index (χ1v) is 6.68. The number of carboxylic acid groups (broad SMARTS) is 1. The van der Waals surface area contributed by atoms with Crippen molar-refractivity contribution in [1.82, 2.24) is 5.32 Å². The van der Waals surface area contributed by atoms with Crippen LogP contribution in [0.5, 0.6) is 5.75 Å². The summed E-state index contributed by atoms with van der Waals surface area (Å²) in [5.74, 6) is -0.584. The molecule has 1 aromatic rings. The minimum absolute atomic E-state index is 0.0200. The highest BCUT2D eigenvalue weighted by atomic mass is 16.5. The first-order valence-electron chi connectivity index (χ1n) is 6.68. The van der Waals surface area contributed by atoms with Crippen LogP contribution in [-0.2, 0) is 4.79 Å². The van der Waals surface area contributed by atoms with E-state index < -0.39 is 5.97 Å². The Morgan fingerprint density at radius 2 is 1.90 bits per heavy atom. The second-order valence-corrected chi connectivity index (χ2v) is 4.97. The van der Waals surface area contributed by atoms with Crippen LogP contribution in [0.1, 0.15) is 44.0 Å². The van der Waals surface area contributed by atoms with Crippen LogP contribution < -0.4 is 10.1 Å². The lowest BCUT2D eigenvalue weighted by atomic mass is 10.1. The lowest BCUT2D eigenvalue weighted by Crippen LogP contribution is -2.33. The molecule has 5 nitrogen and oxygen atoms in total. The molecule has 0 heterocycles. The van der Waals surface area contributed by atoms with Crippen molar-refractivity contribution in [1.29, 1.82) is 0 Å². The zero-order chi connectivity index (χ0) is 15.1. The van der Waals surface area contributed by atoms with Crippen LogP contribution in [0.25, 0.3) is 0 Å². The number of hydrogen-bond donors (Lipinski definition) is 2. The molecule has 0 bridgehead atoms. The molecule has 0 saturated carbocycles. The van der Waals surface area contributed by atoms with Crippen LogP contribution in [0, 0.1) is 0 Å². The molecule has 1 amide bonds. The number of rotatable bonds is 7. The molecule has 0 aliphatic heterocycles. The number of ether oxygens (including phenoxy) is 1. The van der Waals surface area contributed by atoms with E-state index in [2.05, 4.69) is 5.32 Å². The minimum atomic E-state index is -0.866. The van der Waals surface area contributed by atoms with E-state index in [-0.39, 0.29) is 24.5 Å². The van der Waals surface area contributed by atoms with Crippen molar-refractivity contribution in [2.75, 3.05) is 0 Å². The normalized spacial score (nSPS) is 12.0. The molecular weight excluding hydrogens is 258 g/mol. The second kappa shape index (κ2) is 7.53. The second-order valence-electron chi connectivity index (χ2n) is 4.97. The van der Waals surface area contributed by atoms with E-state index >= 15 is 0 Å². The van der Waals surface area contributed by atoms with Crippen molar-refractivity contribution in [3.63, 3.8) is 0 Å². The van der Waals surface area contributed by atoms with E-state index in [1.807, 2.05) is 19.9 Å². The van der Waals surface area contributed by atoms with Gasteiger partial charge in [-0.1, -0.05) is 12.1 Å². The summed E-state index contributed by atoms with van der Waals surface area (Å²) < 4.78 is 5.59. The molecule has 5 heteroatoms. The molecule has 1 rings (SSSR count). The smallest absolute Gasteiger partial charge is 0.303 e. The predicted octanol–water partition coefficient (Wildman–Crippen LogP) is 2.46. The van der Waals surface area contributed by atoms with Gasteiger partial charge in [-0.15, -0.1) is 0 Å². The summed E-state index contributed by atoms with van der Waals surface area (Å²) in [6, 6.07) is 6.81. The number of carbonyl (C=O) groups excluding carboxylic acids is 1. The number of benzene rings is 1. The predicted molar refractivity (Wildman–Crippen MR) is 76.0 cm³/mol. The van der Waals surface area contributed by atoms with Crippen molar-refractivity contribution < 1.29 is 19.4 Å². The lowest BCUT2D eigenvalue weighted by Gasteiger charge is -2.16. The van der Waals surface area contributed by atoms with E-state index in [1.54, 1.807) is 25.1 Å². The number of para-hydroxylation sites is 1. The Hall–Kier alpha value is -2.04. The summed E-state index contributed by atoms with van der Waals surface area (Å²) >= 11 is 0. The molecule has 1 aromatic carbocycles. The van der Waals surface area contributed by atoms with Gasteiger partial charge in [0.05, 0.1) is 11.7 Å². The van der Waals surface area contributed by atoms with Gasteiger partial charge >= 0.3 is 5.97 Å². The quantitative estimate of drug-likeness (QED) is 0.804. The van der Waals surface area contributed by atoms with Crippen molar-refractivity contribution in [2.45, 2.75) is 45.8 Å². The van der Waals surface area contributed by atoms with Gasteiger partial charge in [-0.25, -0.2) is 0 Å². The molecule has 1 unspecified atom stereocenters. The van der Waals surface area contributed by atoms with Gasteiger partial charge in [-0.05, 0) is 39.3 Å². The maximum Gasteiger partial charge on any atom is 0.303 e. The molecule has 0 saturated heterocycles. The van der Waals surface area contributed by atoms with Crippen molar-refractivity contribution in [3.8, 4) is 5.75 Å². The summed E-state index contributed by atoms with van der Waals surface area (Å²) in [6.07, 6.45) is 0.410. The largest absolute Gasteiger partial charge is 0.490 e. The van der Waals surface area contributed by atoms with Crippen LogP contribution in [0.3, 0.4) is 0 Å². The number of nitrogens with one attached hydrogen (secondary N) is 1. The first kappa shape index (κ1) is 16.0. The molecular formula is C15H21NO4. The summed E-state index contributed by atoms with van der Waals surface area (Å²) in [5, 5.41) is 11.4. The van der Waals surface area contributed by atoms with E-state index in [9.17, 15) is 9.59 Å². The minimum Gasteiger partial charge on any atom is -0.490 e. The van der Waals surface area contributed by atoms with Crippen LogP contribution in [0.2, 0.25) is 0 Å². The molecule has 0 spiro atoms. The third kappa shape index (κ3) is 5.30. The highest BCUT2D eigenvalue weighted by molar-refractivity contribution is 5.97. The van der Waals surface area contributed by atoms with Gasteiger partial charge in [0, 0.05) is 12.5 Å². The Labute approximate surface area is 118 Å². The number of amides is 1. The number of aliphatic carboxylic acids is 1. The molecule has 0 aromatic heterocycles. The molecule has 0 radical (unpaired) electrons. The average molecular weight is 279 g/mol. The van der Waals surface area contributed by atoms with E-state index in [0.29, 0.717) is 17.7 Å². The van der Waals surface area contributed by atoms with E-state index in [4.69, 9.17) is 9.84 Å². The Balaban J connectivity index is 2.69. The summed E-state index contributed by atoms with van der Waals surface area (Å²) in [7, 11) is 0. The van der Waals surface area contributed by atoms with Gasteiger partial charge in [0.25, 0.3) is 5.91 Å². The molecule has 0 aliphatic carbocycles. The average Bonchev–Trinajstić information content (AvgIpc) is 2.36. The topological polar surface area (TPSA) is 75.6 Å². The fourth-order valence-electron chi connectivity index (χ4n) is 1.72. The zero-order valence-electron chi connectivity index (χ0n) is 12.1. The van der Waals surface area contributed by atoms with Crippen LogP contribution in [-0.4, -0.2) is 29.1 Å². The highest BCUT2D eigenvalue weighted by Gasteiger charge is 2.15. The van der Waals surface area contributed by atoms with Crippen molar-refractivity contribution in [3.05, 3.63) is 29.8 Å². The van der Waals surface area contributed by atoms with Gasteiger partial charge in [0.15, 0.2) is 0 Å².